The van der Waals surface area contributed by atoms with Gasteiger partial charge in [0.05, 0.1) is 0 Å². The normalized spacial score (nSPS) is 18.6. The molecule has 0 unspecified atom stereocenters. The molecular formula is C23H34O5. The minimum Gasteiger partial charge on any atom is -0.508 e. The molecule has 1 aromatic rings. The number of rotatable bonds is 13. The van der Waals surface area contributed by atoms with Crippen molar-refractivity contribution in [3.05, 3.63) is 17.2 Å². The van der Waals surface area contributed by atoms with E-state index in [0.29, 0.717) is 35.9 Å². The van der Waals surface area contributed by atoms with Crippen molar-refractivity contribution in [2.75, 3.05) is 0 Å². The molecular weight excluding hydrogens is 356 g/mol. The van der Waals surface area contributed by atoms with Crippen molar-refractivity contribution in [3.8, 4) is 17.2 Å². The predicted octanol–water partition coefficient (Wildman–Crippen LogP) is 5.12. The van der Waals surface area contributed by atoms with E-state index in [1.54, 1.807) is 6.07 Å². The number of ether oxygens (including phenoxy) is 1. The van der Waals surface area contributed by atoms with E-state index in [4.69, 9.17) is 4.74 Å². The molecule has 3 N–H and O–H groups in total. The first-order valence-electron chi connectivity index (χ1n) is 10.8. The fraction of sp³-hybridized carbons (Fsp3) is 0.696. The zero-order chi connectivity index (χ0) is 20.2. The molecule has 0 radical (unpaired) electrons. The quantitative estimate of drug-likeness (QED) is 0.188. The molecule has 2 saturated carbocycles. The molecule has 0 saturated heterocycles. The fourth-order valence-corrected chi connectivity index (χ4v) is 4.10. The molecule has 2 aliphatic carbocycles. The molecule has 1 aromatic carbocycles. The summed E-state index contributed by atoms with van der Waals surface area (Å²) in [7, 11) is 0. The Morgan fingerprint density at radius 2 is 1.61 bits per heavy atom. The van der Waals surface area contributed by atoms with E-state index < -0.39 is 0 Å². The van der Waals surface area contributed by atoms with Gasteiger partial charge in [-0.25, -0.2) is 0 Å². The van der Waals surface area contributed by atoms with Gasteiger partial charge in [-0.2, -0.15) is 0 Å². The molecule has 0 atom stereocenters. The lowest BCUT2D eigenvalue weighted by Crippen LogP contribution is -2.12. The molecule has 0 spiro atoms. The zero-order valence-corrected chi connectivity index (χ0v) is 17.0. The van der Waals surface area contributed by atoms with Crippen LogP contribution < -0.4 is 0 Å². The third kappa shape index (κ3) is 5.33. The lowest BCUT2D eigenvalue weighted by molar-refractivity contribution is -0.135. The summed E-state index contributed by atoms with van der Waals surface area (Å²) in [6, 6.07) is 1.59. The number of phenols is 3. The van der Waals surface area contributed by atoms with Crippen molar-refractivity contribution in [2.45, 2.75) is 96.0 Å². The SMILES string of the molecule is CC1(CCCCCc2c(O)cc(CCCCC3(OC=O)CC3)c(O)c2O)CC1. The Morgan fingerprint density at radius 3 is 2.25 bits per heavy atom. The van der Waals surface area contributed by atoms with Crippen molar-refractivity contribution in [3.63, 3.8) is 0 Å². The lowest BCUT2D eigenvalue weighted by atomic mass is 9.96. The maximum atomic E-state index is 10.5. The second-order valence-corrected chi connectivity index (χ2v) is 9.21. The smallest absolute Gasteiger partial charge is 0.293 e. The van der Waals surface area contributed by atoms with Crippen LogP contribution in [0, 0.1) is 5.41 Å². The molecule has 156 valence electrons. The van der Waals surface area contributed by atoms with Crippen LogP contribution in [0.3, 0.4) is 0 Å². The maximum absolute atomic E-state index is 10.5. The Bertz CT molecular complexity index is 689. The molecule has 0 aliphatic heterocycles. The van der Waals surface area contributed by atoms with E-state index in [-0.39, 0.29) is 22.8 Å². The van der Waals surface area contributed by atoms with Gasteiger partial charge in [0.1, 0.15) is 11.4 Å². The van der Waals surface area contributed by atoms with Gasteiger partial charge >= 0.3 is 0 Å². The summed E-state index contributed by atoms with van der Waals surface area (Å²) in [6.45, 7) is 2.86. The fourth-order valence-electron chi connectivity index (χ4n) is 4.10. The number of benzene rings is 1. The standard InChI is InChI=1S/C23H34O5/c1-22(11-12-22)9-5-2-3-8-18-19(25)15-17(20(26)21(18)27)7-4-6-10-23(13-14-23)28-16-24/h15-16,25-27H,2-14H2,1H3. The zero-order valence-electron chi connectivity index (χ0n) is 17.0. The number of unbranched alkanes of at least 4 members (excludes halogenated alkanes) is 3. The van der Waals surface area contributed by atoms with Gasteiger partial charge in [-0.05, 0) is 82.1 Å². The topological polar surface area (TPSA) is 87.0 Å². The highest BCUT2D eigenvalue weighted by Gasteiger charge is 2.44. The predicted molar refractivity (Wildman–Crippen MR) is 108 cm³/mol. The summed E-state index contributed by atoms with van der Waals surface area (Å²) in [6.07, 6.45) is 12.6. The summed E-state index contributed by atoms with van der Waals surface area (Å²) < 4.78 is 5.14. The van der Waals surface area contributed by atoms with Crippen molar-refractivity contribution in [1.29, 1.82) is 0 Å². The molecule has 5 nitrogen and oxygen atoms in total. The Kier molecular flexibility index (Phi) is 6.41. The van der Waals surface area contributed by atoms with Gasteiger partial charge in [0, 0.05) is 11.1 Å². The van der Waals surface area contributed by atoms with Crippen LogP contribution in [0.1, 0.15) is 88.7 Å². The minimum absolute atomic E-state index is 0.0717. The van der Waals surface area contributed by atoms with Crippen LogP contribution in [-0.4, -0.2) is 27.4 Å². The monoisotopic (exact) mass is 390 g/mol. The third-order valence-corrected chi connectivity index (χ3v) is 6.68. The highest BCUT2D eigenvalue weighted by Crippen LogP contribution is 2.49. The third-order valence-electron chi connectivity index (χ3n) is 6.68. The second-order valence-electron chi connectivity index (χ2n) is 9.21. The van der Waals surface area contributed by atoms with Crippen molar-refractivity contribution in [2.24, 2.45) is 5.41 Å². The molecule has 2 aliphatic rings. The number of carbonyl (C=O) groups excluding carboxylic acids is 1. The molecule has 0 heterocycles. The van der Waals surface area contributed by atoms with E-state index in [9.17, 15) is 20.1 Å². The summed E-state index contributed by atoms with van der Waals surface area (Å²) in [5, 5.41) is 31.0. The summed E-state index contributed by atoms with van der Waals surface area (Å²) >= 11 is 0. The lowest BCUT2D eigenvalue weighted by Gasteiger charge is -2.15. The first-order chi connectivity index (χ1) is 13.4. The van der Waals surface area contributed by atoms with Crippen LogP contribution >= 0.6 is 0 Å². The maximum Gasteiger partial charge on any atom is 0.293 e. The van der Waals surface area contributed by atoms with Gasteiger partial charge in [0.2, 0.25) is 0 Å². The Balaban J connectivity index is 1.45. The minimum atomic E-state index is -0.255. The summed E-state index contributed by atoms with van der Waals surface area (Å²) in [5.74, 6) is -0.210. The van der Waals surface area contributed by atoms with Crippen molar-refractivity contribution in [1.82, 2.24) is 0 Å². The van der Waals surface area contributed by atoms with Gasteiger partial charge in [0.15, 0.2) is 11.5 Å². The molecule has 2 fully saturated rings. The summed E-state index contributed by atoms with van der Waals surface area (Å²) in [4.78, 5) is 10.5. The van der Waals surface area contributed by atoms with E-state index >= 15 is 0 Å². The van der Waals surface area contributed by atoms with Crippen molar-refractivity contribution < 1.29 is 24.9 Å². The Labute approximate surface area is 167 Å². The number of phenolic OH excluding ortho intramolecular Hbond substituents is 3. The van der Waals surface area contributed by atoms with E-state index in [1.165, 1.54) is 25.7 Å². The van der Waals surface area contributed by atoms with Gasteiger partial charge < -0.3 is 20.1 Å². The van der Waals surface area contributed by atoms with Gasteiger partial charge in [-0.15, -0.1) is 0 Å². The number of aryl methyl sites for hydroxylation is 1. The van der Waals surface area contributed by atoms with E-state index in [0.717, 1.165) is 44.9 Å². The summed E-state index contributed by atoms with van der Waals surface area (Å²) in [5.41, 5.74) is 1.34. The van der Waals surface area contributed by atoms with E-state index in [2.05, 4.69) is 6.92 Å². The van der Waals surface area contributed by atoms with Gasteiger partial charge in [-0.1, -0.05) is 19.8 Å². The molecule has 0 amide bonds. The number of hydrogen-bond donors (Lipinski definition) is 3. The number of aromatic hydroxyl groups is 3. The van der Waals surface area contributed by atoms with Crippen LogP contribution in [-0.2, 0) is 22.4 Å². The van der Waals surface area contributed by atoms with Crippen LogP contribution in [0.2, 0.25) is 0 Å². The highest BCUT2D eigenvalue weighted by atomic mass is 16.5. The van der Waals surface area contributed by atoms with Crippen LogP contribution in [0.5, 0.6) is 17.2 Å². The Morgan fingerprint density at radius 1 is 0.929 bits per heavy atom. The molecule has 0 aromatic heterocycles. The van der Waals surface area contributed by atoms with Gasteiger partial charge in [0.25, 0.3) is 6.47 Å². The molecule has 3 rings (SSSR count). The van der Waals surface area contributed by atoms with Crippen LogP contribution in [0.15, 0.2) is 6.07 Å². The average molecular weight is 391 g/mol. The number of hydrogen-bond acceptors (Lipinski definition) is 5. The van der Waals surface area contributed by atoms with Crippen LogP contribution in [0.4, 0.5) is 0 Å². The number of carbonyl (C=O) groups is 1. The Hall–Kier alpha value is -1.91. The average Bonchev–Trinajstić information content (AvgIpc) is 3.58. The largest absolute Gasteiger partial charge is 0.508 e. The second kappa shape index (κ2) is 8.62. The molecule has 28 heavy (non-hydrogen) atoms. The molecule has 0 bridgehead atoms. The van der Waals surface area contributed by atoms with E-state index in [1.807, 2.05) is 0 Å². The first kappa shape index (κ1) is 20.8. The highest BCUT2D eigenvalue weighted by molar-refractivity contribution is 5.56. The van der Waals surface area contributed by atoms with Crippen LogP contribution in [0.25, 0.3) is 0 Å². The van der Waals surface area contributed by atoms with Gasteiger partial charge in [-0.3, -0.25) is 4.79 Å². The van der Waals surface area contributed by atoms with Crippen molar-refractivity contribution >= 4 is 6.47 Å². The first-order valence-corrected chi connectivity index (χ1v) is 10.8. The molecule has 5 heteroatoms.